The first kappa shape index (κ1) is 11.6. The monoisotopic (exact) mass is 214 g/mol. The average molecular weight is 214 g/mol. The molecule has 0 bridgehead atoms. The Morgan fingerprint density at radius 1 is 1.73 bits per heavy atom. The topological polar surface area (TPSA) is 68.2 Å². The zero-order valence-corrected chi connectivity index (χ0v) is 8.97. The van der Waals surface area contributed by atoms with Crippen LogP contribution in [0.5, 0.6) is 0 Å². The van der Waals surface area contributed by atoms with Gasteiger partial charge in [-0.15, -0.1) is 0 Å². The lowest BCUT2D eigenvalue weighted by Gasteiger charge is -2.31. The fourth-order valence-corrected chi connectivity index (χ4v) is 1.43. The van der Waals surface area contributed by atoms with E-state index >= 15 is 0 Å². The fraction of sp³-hybridized carbons (Fsp3) is 0.667. The number of carbonyl (C=O) groups is 2. The predicted molar refractivity (Wildman–Crippen MR) is 52.5 cm³/mol. The second-order valence-corrected chi connectivity index (χ2v) is 3.43. The number of amides is 1. The summed E-state index contributed by atoms with van der Waals surface area (Å²) in [5.41, 5.74) is -1.60. The highest BCUT2D eigenvalue weighted by Crippen LogP contribution is 2.23. The van der Waals surface area contributed by atoms with Gasteiger partial charge in [0, 0.05) is 33.8 Å². The fourth-order valence-electron chi connectivity index (χ4n) is 1.43. The van der Waals surface area contributed by atoms with Crippen LogP contribution in [0.3, 0.4) is 0 Å². The molecule has 15 heavy (non-hydrogen) atoms. The molecule has 84 valence electrons. The molecule has 0 radical (unpaired) electrons. The molecule has 0 spiro atoms. The maximum atomic E-state index is 11.8. The number of oxime groups is 1. The van der Waals surface area contributed by atoms with Crippen molar-refractivity contribution in [2.75, 3.05) is 21.2 Å². The molecule has 2 unspecified atom stereocenters. The zero-order chi connectivity index (χ0) is 11.5. The molecule has 1 aliphatic rings. The number of hydrogen-bond acceptors (Lipinski definition) is 5. The Hall–Kier alpha value is -1.43. The zero-order valence-electron chi connectivity index (χ0n) is 8.97. The van der Waals surface area contributed by atoms with Crippen molar-refractivity contribution in [1.29, 1.82) is 0 Å². The Morgan fingerprint density at radius 3 is 2.73 bits per heavy atom. The standard InChI is InChI=1S/C9H14N2O4/c1-11(2)8(13)9(6-12,14-3)7-4-5-10-15-7/h5-7H,4H2,1-3H3. The molecule has 0 fully saturated rings. The van der Waals surface area contributed by atoms with E-state index in [2.05, 4.69) is 5.16 Å². The Bertz CT molecular complexity index is 282. The second-order valence-electron chi connectivity index (χ2n) is 3.43. The normalized spacial score (nSPS) is 23.0. The SMILES string of the molecule is COC(C=O)(C(=O)N(C)C)C1CC=NO1. The molecule has 0 aliphatic carbocycles. The third-order valence-electron chi connectivity index (χ3n) is 2.31. The van der Waals surface area contributed by atoms with Crippen LogP contribution in [0.2, 0.25) is 0 Å². The Kier molecular flexibility index (Phi) is 3.41. The van der Waals surface area contributed by atoms with Gasteiger partial charge in [0.2, 0.25) is 5.60 Å². The van der Waals surface area contributed by atoms with Gasteiger partial charge in [-0.25, -0.2) is 0 Å². The summed E-state index contributed by atoms with van der Waals surface area (Å²) in [6.07, 6.45) is 1.67. The highest BCUT2D eigenvalue weighted by molar-refractivity contribution is 6.01. The van der Waals surface area contributed by atoms with E-state index in [1.54, 1.807) is 14.1 Å². The molecule has 0 aromatic carbocycles. The molecule has 0 saturated heterocycles. The molecule has 0 aromatic heterocycles. The predicted octanol–water partition coefficient (Wildman–Crippen LogP) is -0.567. The van der Waals surface area contributed by atoms with Gasteiger partial charge in [-0.2, -0.15) is 0 Å². The highest BCUT2D eigenvalue weighted by atomic mass is 16.7. The van der Waals surface area contributed by atoms with E-state index in [1.807, 2.05) is 0 Å². The summed E-state index contributed by atoms with van der Waals surface area (Å²) < 4.78 is 5.03. The van der Waals surface area contributed by atoms with Crippen molar-refractivity contribution < 1.29 is 19.2 Å². The smallest absolute Gasteiger partial charge is 0.265 e. The number of rotatable bonds is 4. The number of methoxy groups -OCH3 is 1. The van der Waals surface area contributed by atoms with Gasteiger partial charge >= 0.3 is 0 Å². The lowest BCUT2D eigenvalue weighted by atomic mass is 9.94. The molecule has 0 N–H and O–H groups in total. The second kappa shape index (κ2) is 4.39. The molecule has 1 heterocycles. The summed E-state index contributed by atoms with van der Waals surface area (Å²) in [6, 6.07) is 0. The quantitative estimate of drug-likeness (QED) is 0.464. The maximum Gasteiger partial charge on any atom is 0.265 e. The molecule has 0 saturated carbocycles. The maximum absolute atomic E-state index is 11.8. The van der Waals surface area contributed by atoms with E-state index in [0.29, 0.717) is 12.7 Å². The van der Waals surface area contributed by atoms with Gasteiger partial charge in [0.25, 0.3) is 5.91 Å². The third kappa shape index (κ3) is 1.85. The third-order valence-corrected chi connectivity index (χ3v) is 2.31. The van der Waals surface area contributed by atoms with Crippen LogP contribution in [0.15, 0.2) is 5.16 Å². The van der Waals surface area contributed by atoms with Gasteiger partial charge in [-0.3, -0.25) is 9.59 Å². The Balaban J connectivity index is 2.96. The highest BCUT2D eigenvalue weighted by Gasteiger charge is 2.50. The minimum absolute atomic E-state index is 0.381. The van der Waals surface area contributed by atoms with Crippen molar-refractivity contribution in [1.82, 2.24) is 4.90 Å². The summed E-state index contributed by atoms with van der Waals surface area (Å²) in [5, 5.41) is 3.53. The first-order chi connectivity index (χ1) is 7.08. The van der Waals surface area contributed by atoms with Crippen LogP contribution in [0.1, 0.15) is 6.42 Å². The number of hydrogen-bond donors (Lipinski definition) is 0. The summed E-state index contributed by atoms with van der Waals surface area (Å²) in [5.74, 6) is -0.449. The van der Waals surface area contributed by atoms with Crippen LogP contribution in [0.4, 0.5) is 0 Å². The van der Waals surface area contributed by atoms with E-state index in [1.165, 1.54) is 18.2 Å². The molecular formula is C9H14N2O4. The lowest BCUT2D eigenvalue weighted by molar-refractivity contribution is -0.172. The van der Waals surface area contributed by atoms with Gasteiger partial charge in [-0.05, 0) is 0 Å². The van der Waals surface area contributed by atoms with Crippen LogP contribution in [-0.4, -0.2) is 56.2 Å². The number of aldehydes is 1. The van der Waals surface area contributed by atoms with Crippen LogP contribution in [-0.2, 0) is 19.2 Å². The van der Waals surface area contributed by atoms with E-state index in [4.69, 9.17) is 9.57 Å². The van der Waals surface area contributed by atoms with Crippen molar-refractivity contribution >= 4 is 18.4 Å². The minimum Gasteiger partial charge on any atom is -0.388 e. The summed E-state index contributed by atoms with van der Waals surface area (Å²) in [6.45, 7) is 0. The van der Waals surface area contributed by atoms with Crippen molar-refractivity contribution in [3.63, 3.8) is 0 Å². The van der Waals surface area contributed by atoms with Crippen molar-refractivity contribution in [2.24, 2.45) is 5.16 Å². The van der Waals surface area contributed by atoms with Crippen molar-refractivity contribution in [3.05, 3.63) is 0 Å². The number of likely N-dealkylation sites (N-methyl/N-ethyl adjacent to an activating group) is 1. The van der Waals surface area contributed by atoms with E-state index in [0.717, 1.165) is 0 Å². The number of ether oxygens (including phenoxy) is 1. The summed E-state index contributed by atoms with van der Waals surface area (Å²) in [4.78, 5) is 29.2. The van der Waals surface area contributed by atoms with Gasteiger partial charge in [0.1, 0.15) is 0 Å². The molecule has 6 nitrogen and oxygen atoms in total. The molecule has 1 aliphatic heterocycles. The van der Waals surface area contributed by atoms with Crippen LogP contribution in [0, 0.1) is 0 Å². The number of carbonyl (C=O) groups excluding carboxylic acids is 2. The first-order valence-electron chi connectivity index (χ1n) is 4.49. The lowest BCUT2D eigenvalue weighted by Crippen LogP contribution is -2.57. The van der Waals surface area contributed by atoms with Gasteiger partial charge in [0.05, 0.1) is 0 Å². The largest absolute Gasteiger partial charge is 0.388 e. The Morgan fingerprint density at radius 2 is 2.40 bits per heavy atom. The van der Waals surface area contributed by atoms with Crippen molar-refractivity contribution in [2.45, 2.75) is 18.1 Å². The van der Waals surface area contributed by atoms with Gasteiger partial charge in [-0.1, -0.05) is 5.16 Å². The Labute approximate surface area is 87.8 Å². The summed E-state index contributed by atoms with van der Waals surface area (Å²) >= 11 is 0. The molecule has 0 aromatic rings. The molecular weight excluding hydrogens is 200 g/mol. The van der Waals surface area contributed by atoms with Crippen molar-refractivity contribution in [3.8, 4) is 0 Å². The first-order valence-corrected chi connectivity index (χ1v) is 4.49. The average Bonchev–Trinajstić information content (AvgIpc) is 2.74. The minimum atomic E-state index is -1.60. The molecule has 1 rings (SSSR count). The molecule has 1 amide bonds. The molecule has 2 atom stereocenters. The van der Waals surface area contributed by atoms with Crippen LogP contribution >= 0.6 is 0 Å². The van der Waals surface area contributed by atoms with Gasteiger partial charge < -0.3 is 14.5 Å². The number of nitrogens with zero attached hydrogens (tertiary/aromatic N) is 2. The van der Waals surface area contributed by atoms with Crippen LogP contribution < -0.4 is 0 Å². The van der Waals surface area contributed by atoms with E-state index < -0.39 is 17.6 Å². The summed E-state index contributed by atoms with van der Waals surface area (Å²) in [7, 11) is 4.41. The van der Waals surface area contributed by atoms with Gasteiger partial charge in [0.15, 0.2) is 12.4 Å². The van der Waals surface area contributed by atoms with E-state index in [-0.39, 0.29) is 0 Å². The van der Waals surface area contributed by atoms with Crippen LogP contribution in [0.25, 0.3) is 0 Å². The van der Waals surface area contributed by atoms with E-state index in [9.17, 15) is 9.59 Å². The molecule has 6 heteroatoms.